The summed E-state index contributed by atoms with van der Waals surface area (Å²) in [7, 11) is -1.46. The van der Waals surface area contributed by atoms with Crippen LogP contribution in [0.5, 0.6) is 0 Å². The predicted molar refractivity (Wildman–Crippen MR) is 259 cm³/mol. The number of hydrogen-bond donors (Lipinski definition) is 4. The Hall–Kier alpha value is -6.67. The molecule has 0 radical (unpaired) electrons. The van der Waals surface area contributed by atoms with E-state index in [4.69, 9.17) is 9.84 Å². The molecular weight excluding hydrogens is 907 g/mol. The molecule has 0 aliphatic carbocycles. The third-order valence-corrected chi connectivity index (χ3v) is 15.0. The highest BCUT2D eigenvalue weighted by Gasteiger charge is 2.41. The molecule has 7 rings (SSSR count). The van der Waals surface area contributed by atoms with Crippen LogP contribution in [-0.2, 0) is 41.8 Å². The van der Waals surface area contributed by atoms with E-state index in [9.17, 15) is 38.7 Å². The first-order valence-corrected chi connectivity index (χ1v) is 27.6. The number of benzene rings is 2. The zero-order valence-electron chi connectivity index (χ0n) is 38.4. The Balaban J connectivity index is 0.875. The van der Waals surface area contributed by atoms with Gasteiger partial charge < -0.3 is 30.7 Å². The summed E-state index contributed by atoms with van der Waals surface area (Å²) in [6, 6.07) is 18.2. The first-order chi connectivity index (χ1) is 32.6. The van der Waals surface area contributed by atoms with Crippen molar-refractivity contribution in [1.82, 2.24) is 35.4 Å². The maximum absolute atomic E-state index is 14.2. The molecule has 3 unspecified atom stereocenters. The summed E-state index contributed by atoms with van der Waals surface area (Å²) >= 11 is 0.937. The summed E-state index contributed by atoms with van der Waals surface area (Å²) in [5, 5.41) is 24.1. The summed E-state index contributed by atoms with van der Waals surface area (Å²) < 4.78 is 5.14. The second-order valence-corrected chi connectivity index (χ2v) is 25.1. The number of urea groups is 1. The first kappa shape index (κ1) is 49.2. The van der Waals surface area contributed by atoms with Crippen LogP contribution in [0, 0.1) is 0 Å². The van der Waals surface area contributed by atoms with E-state index in [-0.39, 0.29) is 30.7 Å². The highest BCUT2D eigenvalue weighted by atomic mass is 32.2. The molecule has 2 aromatic heterocycles. The van der Waals surface area contributed by atoms with Gasteiger partial charge in [0.05, 0.1) is 29.0 Å². The number of pyridine rings is 2. The average Bonchev–Trinajstić information content (AvgIpc) is 3.87. The smallest absolute Gasteiger partial charge is 0.407 e. The minimum atomic E-state index is -1.46. The minimum absolute atomic E-state index is 0.110. The highest BCUT2D eigenvalue weighted by Crippen LogP contribution is 2.34. The van der Waals surface area contributed by atoms with Crippen molar-refractivity contribution in [1.29, 1.82) is 0 Å². The second kappa shape index (κ2) is 22.4. The highest BCUT2D eigenvalue weighted by molar-refractivity contribution is 8.00. The van der Waals surface area contributed by atoms with Crippen molar-refractivity contribution in [3.63, 3.8) is 0 Å². The largest absolute Gasteiger partial charge is 0.480 e. The third-order valence-electron chi connectivity index (χ3n) is 12.0. The van der Waals surface area contributed by atoms with E-state index in [1.165, 1.54) is 0 Å². The van der Waals surface area contributed by atoms with Crippen molar-refractivity contribution in [2.45, 2.75) is 94.5 Å². The van der Waals surface area contributed by atoms with Crippen molar-refractivity contribution < 1.29 is 43.4 Å². The van der Waals surface area contributed by atoms with E-state index in [0.29, 0.717) is 51.1 Å². The number of hydrazone groups is 1. The number of aliphatic carboxylic acids is 1. The Morgan fingerprint density at radius 2 is 1.68 bits per heavy atom. The molecule has 0 bridgehead atoms. The fourth-order valence-corrected chi connectivity index (χ4v) is 10.1. The molecule has 1 fully saturated rings. The normalized spacial score (nSPS) is 17.5. The number of hydrogen-bond acceptors (Lipinski definition) is 12. The van der Waals surface area contributed by atoms with Crippen molar-refractivity contribution in [2.24, 2.45) is 5.10 Å². The summed E-state index contributed by atoms with van der Waals surface area (Å²) in [6.07, 6.45) is 7.31. The van der Waals surface area contributed by atoms with Gasteiger partial charge in [0.15, 0.2) is 0 Å². The van der Waals surface area contributed by atoms with E-state index in [0.717, 1.165) is 74.4 Å². The van der Waals surface area contributed by atoms with Gasteiger partial charge in [-0.3, -0.25) is 34.0 Å². The summed E-state index contributed by atoms with van der Waals surface area (Å²) in [4.78, 5) is 101. The Morgan fingerprint density at radius 3 is 2.44 bits per heavy atom. The van der Waals surface area contributed by atoms with Crippen molar-refractivity contribution >= 4 is 83.9 Å². The van der Waals surface area contributed by atoms with Crippen LogP contribution >= 0.6 is 11.8 Å². The number of carbonyl (C=O) groups is 7. The van der Waals surface area contributed by atoms with E-state index < -0.39 is 61.6 Å². The Morgan fingerprint density at radius 1 is 0.897 bits per heavy atom. The molecule has 3 atom stereocenters. The van der Waals surface area contributed by atoms with Crippen LogP contribution in [0.1, 0.15) is 66.7 Å². The quantitative estimate of drug-likeness (QED) is 0.0457. The molecule has 2 aromatic carbocycles. The first-order valence-electron chi connectivity index (χ1n) is 22.8. The number of nitrogens with zero attached hydrogens (tertiary/aromatic N) is 6. The lowest BCUT2D eigenvalue weighted by molar-refractivity contribution is -0.142. The van der Waals surface area contributed by atoms with Gasteiger partial charge in [-0.05, 0) is 71.5 Å². The van der Waals surface area contributed by atoms with E-state index in [1.807, 2.05) is 60.7 Å². The molecule has 358 valence electrons. The number of rotatable bonds is 20. The van der Waals surface area contributed by atoms with Crippen LogP contribution in [0.3, 0.4) is 0 Å². The molecule has 1 saturated heterocycles. The number of alkyl carbamates (subject to hydrolysis) is 1. The van der Waals surface area contributed by atoms with Gasteiger partial charge in [-0.2, -0.15) is 5.10 Å². The standard InChI is InChI=1S/C48H57N9O9SSi/c1-68(2,3)23-22-66-48(65)53-40(46(62)63)30-67-41-25-43(59)56(45(41)61)29-42(58)51-18-6-4-5-7-21-57-44(60)37(35-10-8-12-38-36(35)11-9-19-50-38)24-39(54-57)31-13-15-34(16-14-31)52-47(64)55-27-32-17-20-49-26-33(32)28-55/h8-17,19-20,26,37,40-41H,4-7,18,21-25,27-30H2,1-3H3,(H,51,58)(H,52,64)(H,53,65)(H,62,63). The van der Waals surface area contributed by atoms with Gasteiger partial charge in [0.1, 0.15) is 12.6 Å². The van der Waals surface area contributed by atoms with Crippen LogP contribution in [0.2, 0.25) is 25.7 Å². The number of aromatic nitrogens is 2. The van der Waals surface area contributed by atoms with Gasteiger partial charge >= 0.3 is 18.1 Å². The zero-order valence-corrected chi connectivity index (χ0v) is 40.3. The molecule has 18 nitrogen and oxygen atoms in total. The van der Waals surface area contributed by atoms with Gasteiger partial charge in [-0.25, -0.2) is 19.4 Å². The lowest BCUT2D eigenvalue weighted by Gasteiger charge is -2.30. The van der Waals surface area contributed by atoms with Crippen molar-refractivity contribution in [3.05, 3.63) is 102 Å². The molecule has 20 heteroatoms. The Labute approximate surface area is 399 Å². The Bertz CT molecular complexity index is 2540. The summed E-state index contributed by atoms with van der Waals surface area (Å²) in [5.74, 6) is -3.70. The third kappa shape index (κ3) is 12.8. The number of imide groups is 1. The molecule has 3 aliphatic rings. The summed E-state index contributed by atoms with van der Waals surface area (Å²) in [6.45, 7) is 7.78. The minimum Gasteiger partial charge on any atom is -0.480 e. The number of nitrogens with one attached hydrogen (secondary N) is 3. The van der Waals surface area contributed by atoms with Crippen molar-refractivity contribution in [2.75, 3.05) is 37.3 Å². The zero-order chi connectivity index (χ0) is 48.4. The van der Waals surface area contributed by atoms with Gasteiger partial charge in [0.2, 0.25) is 17.7 Å². The monoisotopic (exact) mass is 963 g/mol. The van der Waals surface area contributed by atoms with E-state index >= 15 is 0 Å². The van der Waals surface area contributed by atoms with E-state index in [1.54, 1.807) is 28.5 Å². The number of thioether (sulfide) groups is 1. The topological polar surface area (TPSA) is 233 Å². The molecule has 4 N–H and O–H groups in total. The maximum atomic E-state index is 14.2. The molecule has 4 aromatic rings. The molecule has 5 heterocycles. The van der Waals surface area contributed by atoms with Crippen LogP contribution in [0.15, 0.2) is 84.4 Å². The van der Waals surface area contributed by atoms with Crippen molar-refractivity contribution in [3.8, 4) is 0 Å². The van der Waals surface area contributed by atoms with Crippen LogP contribution in [0.4, 0.5) is 15.3 Å². The predicted octanol–water partition coefficient (Wildman–Crippen LogP) is 5.95. The number of fused-ring (bicyclic) bond motifs is 2. The number of carboxylic acid groups (broad SMARTS) is 1. The number of likely N-dealkylation sites (tertiary alicyclic amines) is 1. The van der Waals surface area contributed by atoms with E-state index in [2.05, 4.69) is 45.6 Å². The Kier molecular flexibility index (Phi) is 16.2. The molecule has 7 amide bonds. The maximum Gasteiger partial charge on any atom is 0.407 e. The molecule has 3 aliphatic heterocycles. The van der Waals surface area contributed by atoms with Gasteiger partial charge in [0, 0.05) is 82.5 Å². The number of ether oxygens (including phenoxy) is 1. The number of carboxylic acids is 1. The average molecular weight is 964 g/mol. The molecular formula is C48H57N9O9SSi. The van der Waals surface area contributed by atoms with Gasteiger partial charge in [-0.15, -0.1) is 11.8 Å². The fourth-order valence-electron chi connectivity index (χ4n) is 8.16. The lowest BCUT2D eigenvalue weighted by Crippen LogP contribution is -2.44. The number of unbranched alkanes of at least 4 members (excludes halogenated alkanes) is 3. The second-order valence-electron chi connectivity index (χ2n) is 18.3. The SMILES string of the molecule is C[Si](C)(C)CCOC(=O)NC(CSC1CC(=O)N(CC(=O)NCCCCCCN2N=C(c3ccc(NC(=O)N4Cc5ccncc5C4)cc3)CC(c3cccc4ncccc34)C2=O)C1=O)C(=O)O. The summed E-state index contributed by atoms with van der Waals surface area (Å²) in [5.41, 5.74) is 5.99. The molecule has 0 spiro atoms. The molecule has 68 heavy (non-hydrogen) atoms. The fraction of sp³-hybridized carbons (Fsp3) is 0.417. The number of carbonyl (C=O) groups excluding carboxylic acids is 6. The van der Waals surface area contributed by atoms with Gasteiger partial charge in [-0.1, -0.05) is 62.8 Å². The van der Waals surface area contributed by atoms with Crippen LogP contribution in [-0.4, -0.2) is 129 Å². The van der Waals surface area contributed by atoms with Crippen LogP contribution < -0.4 is 16.0 Å². The van der Waals surface area contributed by atoms with Crippen LogP contribution in [0.25, 0.3) is 10.9 Å². The lowest BCUT2D eigenvalue weighted by atomic mass is 9.86. The number of amides is 7. The molecule has 0 saturated carbocycles. The van der Waals surface area contributed by atoms with Gasteiger partial charge in [0.25, 0.3) is 5.91 Å². The number of anilines is 1.